The summed E-state index contributed by atoms with van der Waals surface area (Å²) in [5.41, 5.74) is -0.0142. The maximum Gasteiger partial charge on any atom is 0.212 e. The van der Waals surface area contributed by atoms with E-state index in [4.69, 9.17) is 16.0 Å². The van der Waals surface area contributed by atoms with Crippen molar-refractivity contribution in [1.82, 2.24) is 0 Å². The second kappa shape index (κ2) is 3.27. The van der Waals surface area contributed by atoms with Gasteiger partial charge in [0.05, 0.1) is 5.39 Å². The highest BCUT2D eigenvalue weighted by atomic mass is 35.5. The number of rotatable bonds is 1. The van der Waals surface area contributed by atoms with Crippen LogP contribution in [-0.2, 0) is 0 Å². The molecule has 0 atom stereocenters. The van der Waals surface area contributed by atoms with Crippen molar-refractivity contribution in [3.8, 4) is 0 Å². The number of aldehydes is 1. The van der Waals surface area contributed by atoms with Crippen LogP contribution in [0, 0.1) is 0 Å². The molecule has 0 saturated heterocycles. The number of hydrogen-bond acceptors (Lipinski definition) is 3. The van der Waals surface area contributed by atoms with Gasteiger partial charge in [0.15, 0.2) is 12.0 Å². The lowest BCUT2D eigenvalue weighted by molar-refractivity contribution is 0.110. The van der Waals surface area contributed by atoms with E-state index in [9.17, 15) is 9.59 Å². The van der Waals surface area contributed by atoms with Crippen molar-refractivity contribution in [3.63, 3.8) is 0 Å². The summed E-state index contributed by atoms with van der Waals surface area (Å²) in [5.74, 6) is -0.129. The first kappa shape index (κ1) is 8.97. The van der Waals surface area contributed by atoms with Crippen molar-refractivity contribution in [3.05, 3.63) is 45.3 Å². The van der Waals surface area contributed by atoms with Crippen LogP contribution in [0.1, 0.15) is 10.6 Å². The maximum absolute atomic E-state index is 11.6. The Morgan fingerprint density at radius 1 is 1.29 bits per heavy atom. The minimum absolute atomic E-state index is 0.129. The number of fused-ring (bicyclic) bond motifs is 1. The second-order valence-corrected chi connectivity index (χ2v) is 3.10. The Hall–Kier alpha value is -1.61. The smallest absolute Gasteiger partial charge is 0.212 e. The Morgan fingerprint density at radius 3 is 2.71 bits per heavy atom. The van der Waals surface area contributed by atoms with E-state index in [2.05, 4.69) is 0 Å². The van der Waals surface area contributed by atoms with Gasteiger partial charge in [-0.3, -0.25) is 9.59 Å². The van der Waals surface area contributed by atoms with E-state index in [1.807, 2.05) is 0 Å². The van der Waals surface area contributed by atoms with Gasteiger partial charge >= 0.3 is 0 Å². The zero-order valence-corrected chi connectivity index (χ0v) is 7.75. The lowest BCUT2D eigenvalue weighted by Crippen LogP contribution is -2.04. The zero-order valence-electron chi connectivity index (χ0n) is 6.99. The molecule has 3 nitrogen and oxygen atoms in total. The summed E-state index contributed by atoms with van der Waals surface area (Å²) in [5, 5.41) is 0.210. The Balaban J connectivity index is 2.99. The molecule has 0 aliphatic rings. The largest absolute Gasteiger partial charge is 0.451 e. The van der Waals surface area contributed by atoms with E-state index in [1.165, 1.54) is 0 Å². The Labute approximate surface area is 83.9 Å². The number of carbonyl (C=O) groups is 1. The summed E-state index contributed by atoms with van der Waals surface area (Å²) < 4.78 is 5.12. The molecule has 0 aliphatic carbocycles. The van der Waals surface area contributed by atoms with Crippen molar-refractivity contribution in [1.29, 1.82) is 0 Å². The van der Waals surface area contributed by atoms with Crippen molar-refractivity contribution < 1.29 is 9.21 Å². The van der Waals surface area contributed by atoms with Gasteiger partial charge in [-0.2, -0.15) is 0 Å². The van der Waals surface area contributed by atoms with Crippen molar-refractivity contribution in [2.45, 2.75) is 0 Å². The summed E-state index contributed by atoms with van der Waals surface area (Å²) in [6.45, 7) is 0. The predicted molar refractivity (Wildman–Crippen MR) is 52.9 cm³/mol. The Kier molecular flexibility index (Phi) is 2.09. The molecule has 2 aromatic rings. The molecule has 0 fully saturated rings. The zero-order chi connectivity index (χ0) is 10.1. The second-order valence-electron chi connectivity index (χ2n) is 2.72. The van der Waals surface area contributed by atoms with Gasteiger partial charge < -0.3 is 4.42 Å². The summed E-state index contributed by atoms with van der Waals surface area (Å²) in [6.07, 6.45) is 0.427. The van der Waals surface area contributed by atoms with E-state index in [1.54, 1.807) is 24.3 Å². The monoisotopic (exact) mass is 208 g/mol. The Bertz CT molecular complexity index is 557. The number of para-hydroxylation sites is 1. The highest BCUT2D eigenvalue weighted by molar-refractivity contribution is 6.33. The fourth-order valence-electron chi connectivity index (χ4n) is 1.21. The van der Waals surface area contributed by atoms with Crippen LogP contribution in [0.3, 0.4) is 0 Å². The van der Waals surface area contributed by atoms with Crippen molar-refractivity contribution >= 4 is 28.9 Å². The van der Waals surface area contributed by atoms with Crippen LogP contribution in [0.25, 0.3) is 11.0 Å². The van der Waals surface area contributed by atoms with Crippen LogP contribution >= 0.6 is 11.6 Å². The summed E-state index contributed by atoms with van der Waals surface area (Å²) in [7, 11) is 0. The van der Waals surface area contributed by atoms with Crippen LogP contribution in [0.4, 0.5) is 0 Å². The molecule has 14 heavy (non-hydrogen) atoms. The quantitative estimate of drug-likeness (QED) is 0.676. The first-order chi connectivity index (χ1) is 6.74. The molecule has 0 aliphatic heterocycles. The van der Waals surface area contributed by atoms with Crippen LogP contribution < -0.4 is 5.43 Å². The van der Waals surface area contributed by atoms with Gasteiger partial charge in [-0.1, -0.05) is 23.7 Å². The number of hydrogen-bond donors (Lipinski definition) is 0. The minimum atomic E-state index is -0.379. The molecule has 1 aromatic carbocycles. The van der Waals surface area contributed by atoms with E-state index < -0.39 is 0 Å². The van der Waals surface area contributed by atoms with Gasteiger partial charge in [-0.25, -0.2) is 0 Å². The van der Waals surface area contributed by atoms with E-state index in [0.717, 1.165) is 0 Å². The molecule has 1 aromatic heterocycles. The van der Waals surface area contributed by atoms with E-state index in [-0.39, 0.29) is 16.2 Å². The van der Waals surface area contributed by atoms with E-state index >= 15 is 0 Å². The fourth-order valence-corrected chi connectivity index (χ4v) is 1.40. The normalized spacial score (nSPS) is 10.4. The third-order valence-corrected chi connectivity index (χ3v) is 2.23. The van der Waals surface area contributed by atoms with Gasteiger partial charge in [0.2, 0.25) is 5.43 Å². The average molecular weight is 209 g/mol. The summed E-state index contributed by atoms with van der Waals surface area (Å²) in [6, 6.07) is 6.63. The Morgan fingerprint density at radius 2 is 2.00 bits per heavy atom. The molecule has 70 valence electrons. The molecule has 0 unspecified atom stereocenters. The lowest BCUT2D eigenvalue weighted by atomic mass is 10.2. The van der Waals surface area contributed by atoms with Gasteiger partial charge in [0.25, 0.3) is 0 Å². The molecule has 0 N–H and O–H groups in total. The fraction of sp³-hybridized carbons (Fsp3) is 0. The van der Waals surface area contributed by atoms with Crippen LogP contribution in [0.2, 0.25) is 5.02 Å². The molecule has 0 radical (unpaired) electrons. The minimum Gasteiger partial charge on any atom is -0.451 e. The summed E-state index contributed by atoms with van der Waals surface area (Å²) >= 11 is 5.63. The van der Waals surface area contributed by atoms with Crippen molar-refractivity contribution in [2.24, 2.45) is 0 Å². The van der Waals surface area contributed by atoms with E-state index in [0.29, 0.717) is 17.3 Å². The first-order valence-corrected chi connectivity index (χ1v) is 4.28. The van der Waals surface area contributed by atoms with Crippen LogP contribution in [0.15, 0.2) is 33.5 Å². The van der Waals surface area contributed by atoms with Gasteiger partial charge in [0.1, 0.15) is 10.6 Å². The summed E-state index contributed by atoms with van der Waals surface area (Å²) in [4.78, 5) is 22.1. The third-order valence-electron chi connectivity index (χ3n) is 1.87. The number of carbonyl (C=O) groups excluding carboxylic acids is 1. The average Bonchev–Trinajstić information content (AvgIpc) is 2.23. The van der Waals surface area contributed by atoms with Gasteiger partial charge in [0, 0.05) is 0 Å². The molecule has 1 heterocycles. The highest BCUT2D eigenvalue weighted by Crippen LogP contribution is 2.17. The molecule has 4 heteroatoms. The first-order valence-electron chi connectivity index (χ1n) is 3.90. The van der Waals surface area contributed by atoms with Crippen LogP contribution in [0.5, 0.6) is 0 Å². The number of halogens is 1. The molecular formula is C10H5ClO3. The van der Waals surface area contributed by atoms with Crippen molar-refractivity contribution in [2.75, 3.05) is 0 Å². The molecule has 2 rings (SSSR count). The number of benzene rings is 1. The molecule has 0 bridgehead atoms. The highest BCUT2D eigenvalue weighted by Gasteiger charge is 2.10. The van der Waals surface area contributed by atoms with Gasteiger partial charge in [-0.05, 0) is 12.1 Å². The topological polar surface area (TPSA) is 47.3 Å². The predicted octanol–water partition coefficient (Wildman–Crippen LogP) is 2.26. The lowest BCUT2D eigenvalue weighted by Gasteiger charge is -1.98. The van der Waals surface area contributed by atoms with Gasteiger partial charge in [-0.15, -0.1) is 0 Å². The molecule has 0 saturated carbocycles. The third kappa shape index (κ3) is 1.22. The molecular weight excluding hydrogens is 204 g/mol. The van der Waals surface area contributed by atoms with Crippen LogP contribution in [-0.4, -0.2) is 6.29 Å². The molecule has 0 spiro atoms. The standard InChI is InChI=1S/C10H5ClO3/c11-9-8(5-12)14-7-4-2-1-3-6(7)10(9)13/h1-5H. The molecule has 0 amide bonds. The maximum atomic E-state index is 11.6. The SMILES string of the molecule is O=Cc1oc2ccccc2c(=O)c1Cl.